The van der Waals surface area contributed by atoms with Gasteiger partial charge in [-0.2, -0.15) is 0 Å². The lowest BCUT2D eigenvalue weighted by atomic mass is 10.0. The Morgan fingerprint density at radius 1 is 1.00 bits per heavy atom. The molecular weight excluding hydrogens is 381 g/mol. The number of aromatic nitrogens is 1. The minimum atomic E-state index is -0.458. The highest BCUT2D eigenvalue weighted by molar-refractivity contribution is 6.04. The number of rotatable bonds is 5. The van der Waals surface area contributed by atoms with Crippen molar-refractivity contribution in [2.45, 2.75) is 13.5 Å². The van der Waals surface area contributed by atoms with Gasteiger partial charge in [0.1, 0.15) is 18.2 Å². The Morgan fingerprint density at radius 2 is 1.77 bits per heavy atom. The molecule has 0 fully saturated rings. The summed E-state index contributed by atoms with van der Waals surface area (Å²) in [6, 6.07) is 20.8. The van der Waals surface area contributed by atoms with E-state index in [1.54, 1.807) is 25.3 Å². The SMILES string of the molecule is COc1ccc(C)cc1COC(=O)c1cc(-c2ccc(F)cc2)nc2ccccc12. The van der Waals surface area contributed by atoms with E-state index in [1.807, 2.05) is 49.4 Å². The maximum atomic E-state index is 13.3. The Labute approximate surface area is 173 Å². The highest BCUT2D eigenvalue weighted by Gasteiger charge is 2.16. The third-order valence-electron chi connectivity index (χ3n) is 4.87. The number of para-hydroxylation sites is 1. The number of ether oxygens (including phenoxy) is 2. The third kappa shape index (κ3) is 4.01. The van der Waals surface area contributed by atoms with Crippen LogP contribution >= 0.6 is 0 Å². The van der Waals surface area contributed by atoms with Crippen LogP contribution in [0.5, 0.6) is 5.75 Å². The normalized spacial score (nSPS) is 10.8. The van der Waals surface area contributed by atoms with Crippen molar-refractivity contribution >= 4 is 16.9 Å². The number of carbonyl (C=O) groups is 1. The second-order valence-electron chi connectivity index (χ2n) is 6.97. The van der Waals surface area contributed by atoms with Crippen LogP contribution in [0.25, 0.3) is 22.2 Å². The molecule has 5 heteroatoms. The molecule has 1 aromatic heterocycles. The van der Waals surface area contributed by atoms with Crippen molar-refractivity contribution in [1.82, 2.24) is 4.98 Å². The molecule has 0 unspecified atom stereocenters. The topological polar surface area (TPSA) is 48.4 Å². The van der Waals surface area contributed by atoms with E-state index >= 15 is 0 Å². The lowest BCUT2D eigenvalue weighted by molar-refractivity contribution is 0.0472. The van der Waals surface area contributed by atoms with E-state index in [4.69, 9.17) is 9.47 Å². The molecule has 0 saturated carbocycles. The molecule has 150 valence electrons. The summed E-state index contributed by atoms with van der Waals surface area (Å²) < 4.78 is 24.3. The van der Waals surface area contributed by atoms with Crippen LogP contribution < -0.4 is 4.74 Å². The Morgan fingerprint density at radius 3 is 2.53 bits per heavy atom. The standard InChI is InChI=1S/C25H20FNO3/c1-16-7-12-24(29-2)18(13-16)15-30-25(28)21-14-23(17-8-10-19(26)11-9-17)27-22-6-4-3-5-20(21)22/h3-14H,15H2,1-2H3. The van der Waals surface area contributed by atoms with E-state index in [0.717, 1.165) is 16.7 Å². The van der Waals surface area contributed by atoms with Gasteiger partial charge in [0, 0.05) is 16.5 Å². The fraction of sp³-hybridized carbons (Fsp3) is 0.120. The molecule has 0 atom stereocenters. The number of benzene rings is 3. The van der Waals surface area contributed by atoms with Gasteiger partial charge in [0.2, 0.25) is 0 Å². The molecule has 0 bridgehead atoms. The van der Waals surface area contributed by atoms with E-state index in [1.165, 1.54) is 12.1 Å². The number of hydrogen-bond acceptors (Lipinski definition) is 4. The molecule has 4 rings (SSSR count). The fourth-order valence-corrected chi connectivity index (χ4v) is 3.35. The first kappa shape index (κ1) is 19.6. The Bertz CT molecular complexity index is 1220. The van der Waals surface area contributed by atoms with Crippen molar-refractivity contribution in [2.24, 2.45) is 0 Å². The van der Waals surface area contributed by atoms with Crippen LogP contribution in [-0.2, 0) is 11.3 Å². The zero-order valence-corrected chi connectivity index (χ0v) is 16.7. The number of fused-ring (bicyclic) bond motifs is 1. The zero-order valence-electron chi connectivity index (χ0n) is 16.7. The van der Waals surface area contributed by atoms with Gasteiger partial charge in [-0.25, -0.2) is 14.2 Å². The molecule has 0 spiro atoms. The van der Waals surface area contributed by atoms with Gasteiger partial charge in [0.05, 0.1) is 23.9 Å². The summed E-state index contributed by atoms with van der Waals surface area (Å²) in [5, 5.41) is 0.699. The van der Waals surface area contributed by atoms with Gasteiger partial charge >= 0.3 is 5.97 Å². The van der Waals surface area contributed by atoms with Gasteiger partial charge in [-0.05, 0) is 55.5 Å². The van der Waals surface area contributed by atoms with Gasteiger partial charge in [0.15, 0.2) is 0 Å². The molecular formula is C25H20FNO3. The van der Waals surface area contributed by atoms with Crippen molar-refractivity contribution < 1.29 is 18.7 Å². The molecule has 0 aliphatic rings. The number of methoxy groups -OCH3 is 1. The Kier molecular flexibility index (Phi) is 5.44. The molecule has 0 saturated heterocycles. The molecule has 1 heterocycles. The van der Waals surface area contributed by atoms with Crippen molar-refractivity contribution in [3.05, 3.63) is 95.3 Å². The number of nitrogens with zero attached hydrogens (tertiary/aromatic N) is 1. The number of aryl methyl sites for hydroxylation is 1. The Balaban J connectivity index is 1.69. The predicted octanol–water partition coefficient (Wildman–Crippen LogP) is 5.71. The summed E-state index contributed by atoms with van der Waals surface area (Å²) in [6.07, 6.45) is 0. The molecule has 4 aromatic rings. The fourth-order valence-electron chi connectivity index (χ4n) is 3.35. The highest BCUT2D eigenvalue weighted by Crippen LogP contribution is 2.27. The van der Waals surface area contributed by atoms with Gasteiger partial charge in [-0.15, -0.1) is 0 Å². The number of esters is 1. The average Bonchev–Trinajstić information content (AvgIpc) is 2.77. The minimum absolute atomic E-state index is 0.0895. The summed E-state index contributed by atoms with van der Waals surface area (Å²) in [4.78, 5) is 17.6. The molecule has 0 N–H and O–H groups in total. The first-order valence-corrected chi connectivity index (χ1v) is 9.51. The van der Waals surface area contributed by atoms with Gasteiger partial charge < -0.3 is 9.47 Å². The van der Waals surface area contributed by atoms with Gasteiger partial charge in [-0.3, -0.25) is 0 Å². The lowest BCUT2D eigenvalue weighted by Crippen LogP contribution is -2.08. The van der Waals surface area contributed by atoms with Crippen LogP contribution in [-0.4, -0.2) is 18.1 Å². The Hall–Kier alpha value is -3.73. The summed E-state index contributed by atoms with van der Waals surface area (Å²) in [5.74, 6) is -0.119. The van der Waals surface area contributed by atoms with E-state index in [2.05, 4.69) is 4.98 Å². The van der Waals surface area contributed by atoms with E-state index in [0.29, 0.717) is 27.9 Å². The molecule has 0 aliphatic heterocycles. The summed E-state index contributed by atoms with van der Waals surface area (Å²) in [5.41, 5.74) is 4.22. The molecule has 30 heavy (non-hydrogen) atoms. The summed E-state index contributed by atoms with van der Waals surface area (Å²) in [6.45, 7) is 2.06. The third-order valence-corrected chi connectivity index (χ3v) is 4.87. The largest absolute Gasteiger partial charge is 0.496 e. The second-order valence-corrected chi connectivity index (χ2v) is 6.97. The van der Waals surface area contributed by atoms with Gasteiger partial charge in [0.25, 0.3) is 0 Å². The molecule has 3 aromatic carbocycles. The van der Waals surface area contributed by atoms with E-state index < -0.39 is 5.97 Å². The average molecular weight is 401 g/mol. The van der Waals surface area contributed by atoms with Crippen molar-refractivity contribution in [2.75, 3.05) is 7.11 Å². The zero-order chi connectivity index (χ0) is 21.1. The smallest absolute Gasteiger partial charge is 0.339 e. The minimum Gasteiger partial charge on any atom is -0.496 e. The first-order valence-electron chi connectivity index (χ1n) is 9.51. The lowest BCUT2D eigenvalue weighted by Gasteiger charge is -2.12. The maximum absolute atomic E-state index is 13.3. The van der Waals surface area contributed by atoms with E-state index in [-0.39, 0.29) is 12.4 Å². The van der Waals surface area contributed by atoms with Crippen LogP contribution in [0, 0.1) is 12.7 Å². The van der Waals surface area contributed by atoms with E-state index in [9.17, 15) is 9.18 Å². The first-order chi connectivity index (χ1) is 14.5. The van der Waals surface area contributed by atoms with Crippen LogP contribution in [0.3, 0.4) is 0 Å². The van der Waals surface area contributed by atoms with Gasteiger partial charge in [-0.1, -0.05) is 29.8 Å². The van der Waals surface area contributed by atoms with Crippen LogP contribution in [0.4, 0.5) is 4.39 Å². The predicted molar refractivity (Wildman–Crippen MR) is 114 cm³/mol. The van der Waals surface area contributed by atoms with Crippen LogP contribution in [0.15, 0.2) is 72.8 Å². The van der Waals surface area contributed by atoms with Crippen molar-refractivity contribution in [1.29, 1.82) is 0 Å². The highest BCUT2D eigenvalue weighted by atomic mass is 19.1. The quantitative estimate of drug-likeness (QED) is 0.402. The van der Waals surface area contributed by atoms with Crippen LogP contribution in [0.2, 0.25) is 0 Å². The summed E-state index contributed by atoms with van der Waals surface area (Å²) in [7, 11) is 1.58. The van der Waals surface area contributed by atoms with Crippen molar-refractivity contribution in [3.63, 3.8) is 0 Å². The maximum Gasteiger partial charge on any atom is 0.339 e. The number of pyridine rings is 1. The molecule has 4 nitrogen and oxygen atoms in total. The second kappa shape index (κ2) is 8.33. The number of halogens is 1. The number of carbonyl (C=O) groups excluding carboxylic acids is 1. The molecule has 0 radical (unpaired) electrons. The monoisotopic (exact) mass is 401 g/mol. The number of hydrogen-bond donors (Lipinski definition) is 0. The molecule has 0 amide bonds. The molecule has 0 aliphatic carbocycles. The van der Waals surface area contributed by atoms with Crippen molar-refractivity contribution in [3.8, 4) is 17.0 Å². The summed E-state index contributed by atoms with van der Waals surface area (Å²) >= 11 is 0. The van der Waals surface area contributed by atoms with Crippen LogP contribution in [0.1, 0.15) is 21.5 Å².